The van der Waals surface area contributed by atoms with Gasteiger partial charge in [0.25, 0.3) is 0 Å². The first kappa shape index (κ1) is 14.9. The molecular formula is C23H28O. The van der Waals surface area contributed by atoms with Gasteiger partial charge in [0.05, 0.1) is 5.41 Å². The van der Waals surface area contributed by atoms with Crippen LogP contribution in [0.15, 0.2) is 30.4 Å². The van der Waals surface area contributed by atoms with Crippen molar-refractivity contribution in [1.82, 2.24) is 0 Å². The Kier molecular flexibility index (Phi) is 2.75. The fourth-order valence-electron chi connectivity index (χ4n) is 7.66. The zero-order valence-electron chi connectivity index (χ0n) is 15.2. The summed E-state index contributed by atoms with van der Waals surface area (Å²) in [6.45, 7) is 6.58. The number of carbonyl (C=O) groups is 1. The molecule has 4 aliphatic rings. The molecule has 2 bridgehead atoms. The molecule has 1 aromatic rings. The summed E-state index contributed by atoms with van der Waals surface area (Å²) in [5, 5.41) is 0. The summed E-state index contributed by atoms with van der Waals surface area (Å²) in [4.78, 5) is 12.6. The second-order valence-corrected chi connectivity index (χ2v) is 9.17. The maximum absolute atomic E-state index is 12.6. The number of hydrogen-bond donors (Lipinski definition) is 0. The highest BCUT2D eigenvalue weighted by molar-refractivity contribution is 5.87. The van der Waals surface area contributed by atoms with Crippen LogP contribution < -0.4 is 0 Å². The van der Waals surface area contributed by atoms with Crippen LogP contribution in [-0.4, -0.2) is 5.78 Å². The van der Waals surface area contributed by atoms with E-state index in [1.807, 2.05) is 6.92 Å². The Bertz CT molecular complexity index is 774. The van der Waals surface area contributed by atoms with Crippen molar-refractivity contribution < 1.29 is 4.79 Å². The Morgan fingerprint density at radius 2 is 1.96 bits per heavy atom. The van der Waals surface area contributed by atoms with E-state index in [0.717, 1.165) is 12.3 Å². The van der Waals surface area contributed by atoms with Crippen LogP contribution in [0.1, 0.15) is 68.6 Å². The van der Waals surface area contributed by atoms with E-state index in [0.29, 0.717) is 11.7 Å². The molecule has 0 radical (unpaired) electrons. The highest BCUT2D eigenvalue weighted by Crippen LogP contribution is 2.78. The van der Waals surface area contributed by atoms with Gasteiger partial charge in [-0.1, -0.05) is 37.3 Å². The quantitative estimate of drug-likeness (QED) is 0.636. The van der Waals surface area contributed by atoms with Crippen molar-refractivity contribution in [3.8, 4) is 0 Å². The molecule has 126 valence electrons. The van der Waals surface area contributed by atoms with Crippen LogP contribution in [0.4, 0.5) is 0 Å². The molecule has 0 saturated heterocycles. The van der Waals surface area contributed by atoms with E-state index in [1.165, 1.54) is 37.7 Å². The minimum Gasteiger partial charge on any atom is -0.299 e. The molecule has 0 aromatic heterocycles. The fourth-order valence-corrected chi connectivity index (χ4v) is 7.66. The second-order valence-electron chi connectivity index (χ2n) is 9.17. The summed E-state index contributed by atoms with van der Waals surface area (Å²) < 4.78 is 0. The smallest absolute Gasteiger partial charge is 0.140 e. The molecule has 1 aromatic carbocycles. The third kappa shape index (κ3) is 1.39. The van der Waals surface area contributed by atoms with Crippen LogP contribution in [0.5, 0.6) is 0 Å². The number of allylic oxidation sites excluding steroid dienone is 2. The molecule has 5 atom stereocenters. The minimum absolute atomic E-state index is 0.160. The number of Topliss-reactive ketones (excluding diaryl/α,β-unsaturated/α-hetero) is 1. The minimum atomic E-state index is -0.163. The van der Waals surface area contributed by atoms with Gasteiger partial charge < -0.3 is 0 Å². The third-order valence-corrected chi connectivity index (χ3v) is 8.85. The molecule has 1 nitrogen and oxygen atoms in total. The fraction of sp³-hybridized carbons (Fsp3) is 0.609. The zero-order chi connectivity index (χ0) is 16.7. The first-order valence-electron chi connectivity index (χ1n) is 9.75. The van der Waals surface area contributed by atoms with Gasteiger partial charge in [0.1, 0.15) is 5.78 Å². The van der Waals surface area contributed by atoms with Gasteiger partial charge in [-0.15, -0.1) is 0 Å². The summed E-state index contributed by atoms with van der Waals surface area (Å²) in [5.74, 6) is 1.84. The Labute approximate surface area is 145 Å². The summed E-state index contributed by atoms with van der Waals surface area (Å²) in [7, 11) is 0. The maximum Gasteiger partial charge on any atom is 0.140 e. The van der Waals surface area contributed by atoms with Crippen molar-refractivity contribution in [2.75, 3.05) is 0 Å². The number of carbonyl (C=O) groups excluding carboxylic acids is 1. The number of rotatable bonds is 1. The number of aryl methyl sites for hydroxylation is 2. The molecule has 0 aliphatic heterocycles. The molecule has 24 heavy (non-hydrogen) atoms. The zero-order valence-corrected chi connectivity index (χ0v) is 15.2. The first-order valence-corrected chi connectivity index (χ1v) is 9.75. The highest BCUT2D eigenvalue weighted by Gasteiger charge is 2.72. The van der Waals surface area contributed by atoms with Gasteiger partial charge in [0, 0.05) is 0 Å². The van der Waals surface area contributed by atoms with Gasteiger partial charge in [-0.2, -0.15) is 0 Å². The lowest BCUT2D eigenvalue weighted by atomic mass is 9.46. The van der Waals surface area contributed by atoms with Crippen LogP contribution in [0.3, 0.4) is 0 Å². The van der Waals surface area contributed by atoms with Crippen LogP contribution in [0.2, 0.25) is 0 Å². The summed E-state index contributed by atoms with van der Waals surface area (Å²) in [6, 6.07) is 6.88. The van der Waals surface area contributed by atoms with Gasteiger partial charge in [0.2, 0.25) is 0 Å². The summed E-state index contributed by atoms with van der Waals surface area (Å²) in [5.41, 5.74) is 5.00. The van der Waals surface area contributed by atoms with E-state index in [9.17, 15) is 4.79 Å². The van der Waals surface area contributed by atoms with Crippen molar-refractivity contribution in [1.29, 1.82) is 0 Å². The van der Waals surface area contributed by atoms with Gasteiger partial charge in [0.15, 0.2) is 0 Å². The average Bonchev–Trinajstić information content (AvgIpc) is 3.00. The predicted octanol–water partition coefficient (Wildman–Crippen LogP) is 5.37. The van der Waals surface area contributed by atoms with E-state index in [2.05, 4.69) is 44.2 Å². The van der Waals surface area contributed by atoms with E-state index in [4.69, 9.17) is 0 Å². The van der Waals surface area contributed by atoms with Crippen molar-refractivity contribution >= 4 is 5.78 Å². The number of benzene rings is 1. The standard InChI is InChI=1S/C23H28O/c1-15-5-4-6-17-7-8-19-18(20(15)17)9-10-21(3)22(16(2)24)11-13-23(19,21)14-12-22/h4-6,11,13,18-19H,7-10,12,14H2,1-3H3/t18-,19+,21+,22+,23?/m0/s1. The van der Waals surface area contributed by atoms with E-state index >= 15 is 0 Å². The van der Waals surface area contributed by atoms with Crippen molar-refractivity contribution in [2.45, 2.75) is 65.2 Å². The normalized spacial score (nSPS) is 44.8. The van der Waals surface area contributed by atoms with Crippen molar-refractivity contribution in [2.24, 2.45) is 22.2 Å². The van der Waals surface area contributed by atoms with Gasteiger partial charge in [-0.05, 0) is 91.7 Å². The molecule has 0 spiro atoms. The summed E-state index contributed by atoms with van der Waals surface area (Å²) in [6.07, 6.45) is 12.1. The van der Waals surface area contributed by atoms with Crippen LogP contribution in [0.25, 0.3) is 0 Å². The van der Waals surface area contributed by atoms with Crippen LogP contribution in [-0.2, 0) is 11.2 Å². The second kappa shape index (κ2) is 4.42. The molecule has 0 N–H and O–H groups in total. The predicted molar refractivity (Wildman–Crippen MR) is 97.0 cm³/mol. The number of hydrogen-bond acceptors (Lipinski definition) is 1. The monoisotopic (exact) mass is 320 g/mol. The molecule has 1 heteroatoms. The average molecular weight is 320 g/mol. The lowest BCUT2D eigenvalue weighted by molar-refractivity contribution is -0.133. The van der Waals surface area contributed by atoms with Gasteiger partial charge >= 0.3 is 0 Å². The molecule has 2 fully saturated rings. The third-order valence-electron chi connectivity index (χ3n) is 8.85. The van der Waals surface area contributed by atoms with Crippen molar-refractivity contribution in [3.63, 3.8) is 0 Å². The van der Waals surface area contributed by atoms with Gasteiger partial charge in [-0.3, -0.25) is 4.79 Å². The molecule has 5 rings (SSSR count). The Morgan fingerprint density at radius 3 is 2.67 bits per heavy atom. The summed E-state index contributed by atoms with van der Waals surface area (Å²) >= 11 is 0. The molecule has 4 aliphatic carbocycles. The molecule has 1 unspecified atom stereocenters. The SMILES string of the molecule is CC(=O)[C@@]12C=CC3(CC1)[C@@H]1CCc4cccc(C)c4[C@H]1CC[C@@]32C. The van der Waals surface area contributed by atoms with Crippen LogP contribution in [0, 0.1) is 29.1 Å². The first-order chi connectivity index (χ1) is 11.5. The van der Waals surface area contributed by atoms with Gasteiger partial charge in [-0.25, -0.2) is 0 Å². The Balaban J connectivity index is 1.66. The molecule has 0 amide bonds. The largest absolute Gasteiger partial charge is 0.299 e. The topological polar surface area (TPSA) is 17.1 Å². The maximum atomic E-state index is 12.6. The van der Waals surface area contributed by atoms with E-state index in [1.54, 1.807) is 11.1 Å². The van der Waals surface area contributed by atoms with E-state index < -0.39 is 0 Å². The molecular weight excluding hydrogens is 292 g/mol. The molecule has 0 heterocycles. The van der Waals surface area contributed by atoms with E-state index in [-0.39, 0.29) is 16.2 Å². The lowest BCUT2D eigenvalue weighted by Gasteiger charge is -2.57. The number of ketones is 1. The Morgan fingerprint density at radius 1 is 1.12 bits per heavy atom. The van der Waals surface area contributed by atoms with Crippen molar-refractivity contribution in [3.05, 3.63) is 47.0 Å². The van der Waals surface area contributed by atoms with Crippen LogP contribution >= 0.6 is 0 Å². The molecule has 2 saturated carbocycles. The Hall–Kier alpha value is -1.37. The number of fused-ring (bicyclic) bond motifs is 3. The lowest BCUT2D eigenvalue weighted by Crippen LogP contribution is -2.51. The highest BCUT2D eigenvalue weighted by atomic mass is 16.1.